The van der Waals surface area contributed by atoms with Gasteiger partial charge >= 0.3 is 0 Å². The molecule has 0 bridgehead atoms. The fourth-order valence-corrected chi connectivity index (χ4v) is 4.71. The van der Waals surface area contributed by atoms with Gasteiger partial charge in [0.2, 0.25) is 0 Å². The molecule has 1 aliphatic rings. The standard InChI is InChI=1S/C19H29N5O2S/c1-3-4-12-9-14(23-19-15(12)16(20)17(27-19)18(21)26)24-7-5-13(6-8-24)22-11(2)10-25/h9,11,13,22,25H,3-8,10,20H2,1-2H3,(H2,21,26)/t11-/m0/s1. The Hall–Kier alpha value is -1.90. The van der Waals surface area contributed by atoms with Gasteiger partial charge in [0.05, 0.1) is 12.3 Å². The Morgan fingerprint density at radius 1 is 1.48 bits per heavy atom. The molecule has 6 N–H and O–H groups in total. The van der Waals surface area contributed by atoms with Gasteiger partial charge in [-0.3, -0.25) is 4.79 Å². The lowest BCUT2D eigenvalue weighted by atomic mass is 10.0. The van der Waals surface area contributed by atoms with Crippen molar-refractivity contribution in [3.8, 4) is 0 Å². The van der Waals surface area contributed by atoms with Crippen LogP contribution < -0.4 is 21.7 Å². The highest BCUT2D eigenvalue weighted by atomic mass is 32.1. The fraction of sp³-hybridized carbons (Fsp3) is 0.579. The topological polar surface area (TPSA) is 117 Å². The number of piperidine rings is 1. The third-order valence-corrected chi connectivity index (χ3v) is 6.24. The molecule has 0 aliphatic carbocycles. The Kier molecular flexibility index (Phi) is 6.18. The van der Waals surface area contributed by atoms with Gasteiger partial charge in [-0.1, -0.05) is 13.3 Å². The first-order chi connectivity index (χ1) is 12.9. The van der Waals surface area contributed by atoms with Crippen molar-refractivity contribution in [2.24, 2.45) is 5.73 Å². The summed E-state index contributed by atoms with van der Waals surface area (Å²) in [5.41, 5.74) is 13.3. The average molecular weight is 392 g/mol. The van der Waals surface area contributed by atoms with E-state index in [0.717, 1.165) is 60.4 Å². The molecule has 0 unspecified atom stereocenters. The smallest absolute Gasteiger partial charge is 0.260 e. The molecule has 1 atom stereocenters. The number of nitrogens with two attached hydrogens (primary N) is 2. The zero-order valence-electron chi connectivity index (χ0n) is 16.0. The van der Waals surface area contributed by atoms with Gasteiger partial charge in [-0.05, 0) is 37.8 Å². The highest BCUT2D eigenvalue weighted by Crippen LogP contribution is 2.37. The molecule has 1 fully saturated rings. The van der Waals surface area contributed by atoms with Crippen LogP contribution >= 0.6 is 11.3 Å². The average Bonchev–Trinajstić information content (AvgIpc) is 2.99. The van der Waals surface area contributed by atoms with E-state index in [0.29, 0.717) is 16.6 Å². The molecule has 2 aromatic heterocycles. The summed E-state index contributed by atoms with van der Waals surface area (Å²) in [6.07, 6.45) is 3.89. The van der Waals surface area contributed by atoms with Gasteiger partial charge in [0, 0.05) is 30.6 Å². The minimum Gasteiger partial charge on any atom is -0.397 e. The maximum absolute atomic E-state index is 11.7. The zero-order valence-corrected chi connectivity index (χ0v) is 16.8. The maximum Gasteiger partial charge on any atom is 0.260 e. The van der Waals surface area contributed by atoms with E-state index in [1.165, 1.54) is 11.3 Å². The van der Waals surface area contributed by atoms with Crippen molar-refractivity contribution >= 4 is 39.0 Å². The summed E-state index contributed by atoms with van der Waals surface area (Å²) in [4.78, 5) is 20.0. The Balaban J connectivity index is 1.86. The second-order valence-electron chi connectivity index (χ2n) is 7.29. The lowest BCUT2D eigenvalue weighted by Crippen LogP contribution is -2.46. The van der Waals surface area contributed by atoms with Crippen LogP contribution in [0.2, 0.25) is 0 Å². The van der Waals surface area contributed by atoms with Gasteiger partial charge < -0.3 is 26.8 Å². The van der Waals surface area contributed by atoms with Crippen LogP contribution in [0.4, 0.5) is 11.5 Å². The second kappa shape index (κ2) is 8.41. The van der Waals surface area contributed by atoms with Crippen LogP contribution in [0, 0.1) is 0 Å². The number of hydrogen-bond acceptors (Lipinski definition) is 7. The summed E-state index contributed by atoms with van der Waals surface area (Å²) in [5.74, 6) is 0.446. The van der Waals surface area contributed by atoms with Crippen LogP contribution in [-0.2, 0) is 6.42 Å². The van der Waals surface area contributed by atoms with E-state index >= 15 is 0 Å². The van der Waals surface area contributed by atoms with Gasteiger partial charge in [0.1, 0.15) is 15.5 Å². The summed E-state index contributed by atoms with van der Waals surface area (Å²) >= 11 is 1.28. The van der Waals surface area contributed by atoms with Crippen molar-refractivity contribution in [2.75, 3.05) is 30.3 Å². The first-order valence-electron chi connectivity index (χ1n) is 9.58. The molecule has 2 aromatic rings. The highest BCUT2D eigenvalue weighted by molar-refractivity contribution is 7.21. The Labute approximate surface area is 163 Å². The molecular formula is C19H29N5O2S. The molecule has 0 spiro atoms. The first-order valence-corrected chi connectivity index (χ1v) is 10.4. The number of amides is 1. The molecule has 0 aromatic carbocycles. The number of carbonyl (C=O) groups excluding carboxylic acids is 1. The minimum absolute atomic E-state index is 0.119. The number of hydrogen-bond donors (Lipinski definition) is 4. The number of aromatic nitrogens is 1. The van der Waals surface area contributed by atoms with Crippen molar-refractivity contribution in [1.82, 2.24) is 10.3 Å². The van der Waals surface area contributed by atoms with E-state index in [-0.39, 0.29) is 12.6 Å². The van der Waals surface area contributed by atoms with Gasteiger partial charge in [-0.25, -0.2) is 4.98 Å². The maximum atomic E-state index is 11.7. The Morgan fingerprint density at radius 3 is 2.78 bits per heavy atom. The van der Waals surface area contributed by atoms with E-state index in [9.17, 15) is 9.90 Å². The molecule has 1 saturated heterocycles. The molecular weight excluding hydrogens is 362 g/mol. The number of nitrogens with zero attached hydrogens (tertiary/aromatic N) is 2. The molecule has 3 heterocycles. The summed E-state index contributed by atoms with van der Waals surface area (Å²) < 4.78 is 0. The number of nitrogen functional groups attached to an aromatic ring is 1. The summed E-state index contributed by atoms with van der Waals surface area (Å²) in [6, 6.07) is 2.65. The first kappa shape index (κ1) is 19.9. The molecule has 0 saturated carbocycles. The fourth-order valence-electron chi connectivity index (χ4n) is 3.73. The van der Waals surface area contributed by atoms with Crippen LogP contribution in [0.3, 0.4) is 0 Å². The number of nitrogens with one attached hydrogen (secondary N) is 1. The molecule has 1 amide bonds. The number of primary amides is 1. The summed E-state index contributed by atoms with van der Waals surface area (Å²) in [5, 5.41) is 13.6. The quantitative estimate of drug-likeness (QED) is 0.572. The lowest BCUT2D eigenvalue weighted by Gasteiger charge is -2.34. The van der Waals surface area contributed by atoms with E-state index in [4.69, 9.17) is 16.5 Å². The summed E-state index contributed by atoms with van der Waals surface area (Å²) in [7, 11) is 0. The number of thiophene rings is 1. The third kappa shape index (κ3) is 4.17. The molecule has 0 radical (unpaired) electrons. The van der Waals surface area contributed by atoms with E-state index < -0.39 is 5.91 Å². The van der Waals surface area contributed by atoms with E-state index in [2.05, 4.69) is 23.2 Å². The number of carbonyl (C=O) groups is 1. The largest absolute Gasteiger partial charge is 0.397 e. The Morgan fingerprint density at radius 2 is 2.19 bits per heavy atom. The number of pyridine rings is 1. The summed E-state index contributed by atoms with van der Waals surface area (Å²) in [6.45, 7) is 6.09. The number of anilines is 2. The second-order valence-corrected chi connectivity index (χ2v) is 8.29. The molecule has 1 aliphatic heterocycles. The van der Waals surface area contributed by atoms with Crippen molar-refractivity contribution < 1.29 is 9.90 Å². The lowest BCUT2D eigenvalue weighted by molar-refractivity contribution is 0.100. The monoisotopic (exact) mass is 391 g/mol. The van der Waals surface area contributed by atoms with Gasteiger partial charge in [0.25, 0.3) is 5.91 Å². The van der Waals surface area contributed by atoms with Crippen LogP contribution in [0.25, 0.3) is 10.2 Å². The number of rotatable bonds is 7. The normalized spacial score (nSPS) is 16.8. The van der Waals surface area contributed by atoms with Crippen molar-refractivity contribution in [3.05, 3.63) is 16.5 Å². The van der Waals surface area contributed by atoms with Crippen molar-refractivity contribution in [1.29, 1.82) is 0 Å². The number of aryl methyl sites for hydroxylation is 1. The SMILES string of the molecule is CCCc1cc(N2CCC(N[C@@H](C)CO)CC2)nc2sc(C(N)=O)c(N)c12. The number of aliphatic hydroxyl groups excluding tert-OH is 1. The van der Waals surface area contributed by atoms with E-state index in [1.807, 2.05) is 6.92 Å². The van der Waals surface area contributed by atoms with Crippen molar-refractivity contribution in [2.45, 2.75) is 51.6 Å². The third-order valence-electron chi connectivity index (χ3n) is 5.12. The molecule has 7 nitrogen and oxygen atoms in total. The van der Waals surface area contributed by atoms with Crippen LogP contribution in [-0.4, -0.2) is 47.8 Å². The van der Waals surface area contributed by atoms with Gasteiger partial charge in [-0.2, -0.15) is 0 Å². The van der Waals surface area contributed by atoms with E-state index in [1.54, 1.807) is 0 Å². The predicted molar refractivity (Wildman–Crippen MR) is 111 cm³/mol. The number of aliphatic hydroxyl groups is 1. The number of fused-ring (bicyclic) bond motifs is 1. The highest BCUT2D eigenvalue weighted by Gasteiger charge is 2.24. The molecule has 8 heteroatoms. The van der Waals surface area contributed by atoms with Gasteiger partial charge in [-0.15, -0.1) is 11.3 Å². The van der Waals surface area contributed by atoms with Gasteiger partial charge in [0.15, 0.2) is 0 Å². The van der Waals surface area contributed by atoms with Crippen LogP contribution in [0.5, 0.6) is 0 Å². The van der Waals surface area contributed by atoms with Crippen LogP contribution in [0.1, 0.15) is 48.3 Å². The van der Waals surface area contributed by atoms with Crippen LogP contribution in [0.15, 0.2) is 6.07 Å². The molecule has 148 valence electrons. The minimum atomic E-state index is -0.496. The zero-order chi connectivity index (χ0) is 19.6. The molecule has 3 rings (SSSR count). The Bertz CT molecular complexity index is 814. The van der Waals surface area contributed by atoms with Crippen molar-refractivity contribution in [3.63, 3.8) is 0 Å². The molecule has 27 heavy (non-hydrogen) atoms. The predicted octanol–water partition coefficient (Wildman–Crippen LogP) is 1.87.